The molecule has 1 N–H and O–H groups in total. The number of hydrogen-bond acceptors (Lipinski definition) is 15. The van der Waals surface area contributed by atoms with Crippen molar-refractivity contribution in [3.05, 3.63) is 142 Å². The van der Waals surface area contributed by atoms with Gasteiger partial charge in [0.1, 0.15) is 39.8 Å². The number of non-ortho nitro benzene ring substituents is 1. The molecule has 7 aromatic carbocycles. The molecule has 490 valence electrons. The fourth-order valence-electron chi connectivity index (χ4n) is 11.3. The van der Waals surface area contributed by atoms with Crippen molar-refractivity contribution in [1.29, 1.82) is 0 Å². The number of amides is 4. The molecule has 3 unspecified atom stereocenters. The molecule has 0 aromatic heterocycles. The van der Waals surface area contributed by atoms with E-state index in [2.05, 4.69) is 4.90 Å². The average molecular weight is 1330 g/mol. The normalized spacial score (nSPS) is 16.9. The van der Waals surface area contributed by atoms with Crippen LogP contribution in [-0.2, 0) is 14.2 Å². The van der Waals surface area contributed by atoms with E-state index < -0.39 is 53.3 Å². The Bertz CT molecular complexity index is 3910. The molecule has 20 nitrogen and oxygen atoms in total. The molecule has 3 atom stereocenters. The molecule has 4 heterocycles. The Morgan fingerprint density at radius 2 is 0.891 bits per heavy atom. The van der Waals surface area contributed by atoms with Crippen LogP contribution < -0.4 is 28.9 Å². The fraction of sp³-hybridized carbons (Fsp3) is 0.397. The minimum atomic E-state index is -1.03. The van der Waals surface area contributed by atoms with E-state index in [1.54, 1.807) is 65.8 Å². The number of fused-ring (bicyclic) bond motifs is 9. The number of nitrogens with zero attached hydrogens (tertiary/aromatic N) is 6. The number of phenolic OH excluding ortho intramolecular Hbond substituents is 1. The molecule has 1 fully saturated rings. The first-order chi connectivity index (χ1) is 44.0. The highest BCUT2D eigenvalue weighted by atomic mass is 35.5. The van der Waals surface area contributed by atoms with Crippen molar-refractivity contribution in [3.63, 3.8) is 0 Å². The number of likely N-dealkylation sites (N-methyl/N-ethyl adjacent to an activating group) is 1. The zero-order chi connectivity index (χ0) is 67.9. The van der Waals surface area contributed by atoms with E-state index in [-0.39, 0.29) is 46.8 Å². The maximum absolute atomic E-state index is 13.0. The van der Waals surface area contributed by atoms with Crippen LogP contribution in [0.25, 0.3) is 32.3 Å². The predicted octanol–water partition coefficient (Wildman–Crippen LogP) is 16.3. The van der Waals surface area contributed by atoms with E-state index in [0.29, 0.717) is 78.6 Å². The smallest absolute Gasteiger partial charge is 0.507 e. The standard InChI is InChI=1S/C25H23ClN2O7.C24H30ClN3O4.C18H20ClNO3.CH3F/c1-25(2,3)35-23(29)27-14-15(13-26)22-19-7-5-4-6-18(19)21(12-20(22)27)34-24(30)33-17-10-8-16(9-11-17)28(31)32;1-24(2,3)32-23(30)28-15-16(14-25)21-18-8-6-5-7-17(18)20(13-19(21)28)31-22(29)27-11-9-26(4)10-12-27;1-18(2,3)23-17(22)20-10-11(9-19)16-13-7-5-4-6-12(13)15(21)8-14(16)20;1-2/h4-12,15H,13-14H2,1-3H3;5-8,13,16H,9-12,14-15H2,1-4H3;4-8,11,21H,9-10H2,1-3H3;1H3/i;;;1D. The van der Waals surface area contributed by atoms with Crippen molar-refractivity contribution in [2.24, 2.45) is 0 Å². The number of benzene rings is 7. The second kappa shape index (κ2) is 29.1. The topological polar surface area (TPSA) is 220 Å². The maximum Gasteiger partial charge on any atom is 0.519 e. The summed E-state index contributed by atoms with van der Waals surface area (Å²) in [6.07, 6.45) is -2.78. The molecule has 1 saturated heterocycles. The highest BCUT2D eigenvalue weighted by Gasteiger charge is 2.40. The molecule has 24 heteroatoms. The molecule has 92 heavy (non-hydrogen) atoms. The van der Waals surface area contributed by atoms with Gasteiger partial charge in [-0.1, -0.05) is 72.8 Å². The Hall–Kier alpha value is -8.37. The van der Waals surface area contributed by atoms with Gasteiger partial charge in [0.25, 0.3) is 5.69 Å². The first kappa shape index (κ1) is 68.0. The van der Waals surface area contributed by atoms with Crippen LogP contribution in [-0.4, -0.2) is 145 Å². The molecule has 0 radical (unpaired) electrons. The molecule has 4 aliphatic rings. The second-order valence-corrected chi connectivity index (χ2v) is 26.2. The summed E-state index contributed by atoms with van der Waals surface area (Å²) in [5, 5.41) is 26.0. The second-order valence-electron chi connectivity index (χ2n) is 25.3. The van der Waals surface area contributed by atoms with Crippen molar-refractivity contribution >= 4 is 120 Å². The number of phenols is 1. The largest absolute Gasteiger partial charge is 0.519 e. The quantitative estimate of drug-likeness (QED) is 0.0392. The molecular weight excluding hydrogens is 1250 g/mol. The number of piperazine rings is 1. The molecule has 0 bridgehead atoms. The average Bonchev–Trinajstić information content (AvgIpc) is 1.60. The van der Waals surface area contributed by atoms with E-state index in [1.807, 2.05) is 109 Å². The van der Waals surface area contributed by atoms with Crippen molar-refractivity contribution in [3.8, 4) is 23.0 Å². The molecule has 0 aliphatic carbocycles. The minimum Gasteiger partial charge on any atom is -0.507 e. The van der Waals surface area contributed by atoms with Gasteiger partial charge < -0.3 is 43.3 Å². The number of alkyl halides is 4. The Morgan fingerprint density at radius 3 is 1.26 bits per heavy atom. The highest BCUT2D eigenvalue weighted by molar-refractivity contribution is 6.20. The van der Waals surface area contributed by atoms with E-state index in [4.69, 9.17) is 64.6 Å². The SMILES string of the molecule is CC(C)(C)OC(=O)N1CC(CCl)c2c1cc(O)c1ccccc21.CC(C)(C)OC(=O)N1CC(CCl)c2c1cc(OC(=O)Oc1ccc([N+](=O)[O-])cc1)c1ccccc21.CN1CCN(C(=O)Oc2cc3c(c4ccccc24)C(CCl)CN3C(=O)OC(C)(C)C)CC1.[2H]CF. The molecule has 11 rings (SSSR count). The van der Waals surface area contributed by atoms with Gasteiger partial charge in [-0.3, -0.25) is 29.2 Å². The van der Waals surface area contributed by atoms with Crippen LogP contribution >= 0.6 is 34.8 Å². The number of aromatic hydroxyl groups is 1. The number of rotatable bonds is 7. The van der Waals surface area contributed by atoms with Gasteiger partial charge in [-0.2, -0.15) is 0 Å². The van der Waals surface area contributed by atoms with Crippen LogP contribution in [0.5, 0.6) is 23.0 Å². The third-order valence-electron chi connectivity index (χ3n) is 15.2. The number of hydrogen-bond donors (Lipinski definition) is 1. The lowest BCUT2D eigenvalue weighted by molar-refractivity contribution is -0.384. The van der Waals surface area contributed by atoms with Gasteiger partial charge >= 0.3 is 30.5 Å². The van der Waals surface area contributed by atoms with Crippen LogP contribution in [0.2, 0.25) is 0 Å². The Morgan fingerprint density at radius 1 is 0.543 bits per heavy atom. The number of anilines is 3. The summed E-state index contributed by atoms with van der Waals surface area (Å²) >= 11 is 18.7. The lowest BCUT2D eigenvalue weighted by Gasteiger charge is -2.31. The first-order valence-electron chi connectivity index (χ1n) is 30.4. The van der Waals surface area contributed by atoms with Gasteiger partial charge in [-0.25, -0.2) is 24.0 Å². The third-order valence-corrected chi connectivity index (χ3v) is 16.3. The first-order valence-corrected chi connectivity index (χ1v) is 31.3. The number of halogens is 4. The number of nitro benzene ring substituents is 1. The Labute approximate surface area is 550 Å². The van der Waals surface area contributed by atoms with Gasteiger partial charge in [0.05, 0.1) is 30.5 Å². The summed E-state index contributed by atoms with van der Waals surface area (Å²) in [5.74, 6) is 1.78. The Kier molecular flexibility index (Phi) is 21.5. The van der Waals surface area contributed by atoms with Crippen molar-refractivity contribution in [2.75, 3.05) is 92.4 Å². The van der Waals surface area contributed by atoms with Crippen LogP contribution in [0, 0.1) is 10.1 Å². The fourth-order valence-corrected chi connectivity index (χ4v) is 12.0. The van der Waals surface area contributed by atoms with Gasteiger partial charge in [0, 0.05) is 128 Å². The summed E-state index contributed by atoms with van der Waals surface area (Å²) in [5.41, 5.74) is 2.75. The minimum absolute atomic E-state index is 0.0182. The van der Waals surface area contributed by atoms with E-state index in [1.165, 1.54) is 29.2 Å². The molecule has 4 amide bonds. The molecule has 7 aromatic rings. The zero-order valence-corrected chi connectivity index (χ0v) is 55.2. The number of carbonyl (C=O) groups is 5. The number of nitro groups is 1. The van der Waals surface area contributed by atoms with E-state index >= 15 is 0 Å². The van der Waals surface area contributed by atoms with Crippen molar-refractivity contribution < 1.29 is 68.2 Å². The summed E-state index contributed by atoms with van der Waals surface area (Å²) < 4.78 is 48.8. The molecule has 4 aliphatic heterocycles. The lowest BCUT2D eigenvalue weighted by Crippen LogP contribution is -2.48. The van der Waals surface area contributed by atoms with Crippen LogP contribution in [0.4, 0.5) is 51.1 Å². The summed E-state index contributed by atoms with van der Waals surface area (Å²) in [6.45, 7) is 20.4. The van der Waals surface area contributed by atoms with Gasteiger partial charge in [0.2, 0.25) is 0 Å². The number of ether oxygens (including phenoxy) is 6. The van der Waals surface area contributed by atoms with Crippen molar-refractivity contribution in [2.45, 2.75) is 96.9 Å². The lowest BCUT2D eigenvalue weighted by atomic mass is 9.95. The third kappa shape index (κ3) is 16.1. The summed E-state index contributed by atoms with van der Waals surface area (Å²) in [7, 11) is 1.04. The van der Waals surface area contributed by atoms with Gasteiger partial charge in [-0.15, -0.1) is 34.8 Å². The predicted molar refractivity (Wildman–Crippen MR) is 357 cm³/mol. The van der Waals surface area contributed by atoms with Crippen LogP contribution in [0.1, 0.15) is 98.1 Å². The zero-order valence-electron chi connectivity index (χ0n) is 53.9. The van der Waals surface area contributed by atoms with E-state index in [0.717, 1.165) is 56.7 Å². The molecule has 0 spiro atoms. The van der Waals surface area contributed by atoms with E-state index in [9.17, 15) is 43.6 Å². The summed E-state index contributed by atoms with van der Waals surface area (Å²) in [6, 6.07) is 32.8. The van der Waals surface area contributed by atoms with Crippen molar-refractivity contribution in [1.82, 2.24) is 9.80 Å². The summed E-state index contributed by atoms with van der Waals surface area (Å²) in [4.78, 5) is 82.7. The van der Waals surface area contributed by atoms with Gasteiger partial charge in [0.15, 0.2) is 0 Å². The molecule has 0 saturated carbocycles. The maximum atomic E-state index is 13.0. The highest BCUT2D eigenvalue weighted by Crippen LogP contribution is 2.49. The monoisotopic (exact) mass is 1330 g/mol. The van der Waals surface area contributed by atoms with Crippen LogP contribution in [0.3, 0.4) is 0 Å². The van der Waals surface area contributed by atoms with Gasteiger partial charge in [-0.05, 0) is 114 Å². The van der Waals surface area contributed by atoms with Crippen LogP contribution in [0.15, 0.2) is 115 Å². The molecular formula is C68H76Cl3FN6O14. The Balaban J connectivity index is 0.000000179. The number of carbonyl (C=O) groups excluding carboxylic acids is 5.